The highest BCUT2D eigenvalue weighted by molar-refractivity contribution is 5.96. The molecule has 1 atom stereocenters. The third kappa shape index (κ3) is 2.92. The van der Waals surface area contributed by atoms with E-state index in [0.29, 0.717) is 19.5 Å². The predicted molar refractivity (Wildman–Crippen MR) is 103 cm³/mol. The van der Waals surface area contributed by atoms with Crippen molar-refractivity contribution in [3.63, 3.8) is 0 Å². The van der Waals surface area contributed by atoms with Crippen molar-refractivity contribution in [1.29, 1.82) is 0 Å². The molecule has 0 spiro atoms. The SMILES string of the molecule is O=C1C2Cc3c([nH]c4ccccc34)CN2C(=O)CN1CCN1CCCCC1. The van der Waals surface area contributed by atoms with Crippen molar-refractivity contribution in [1.82, 2.24) is 19.7 Å². The average Bonchev–Trinajstić information content (AvgIpc) is 3.07. The van der Waals surface area contributed by atoms with Crippen molar-refractivity contribution < 1.29 is 9.59 Å². The number of nitrogens with zero attached hydrogens (tertiary/aromatic N) is 3. The monoisotopic (exact) mass is 366 g/mol. The number of rotatable bonds is 3. The van der Waals surface area contributed by atoms with Crippen LogP contribution in [0.3, 0.4) is 0 Å². The molecule has 3 aliphatic heterocycles. The molecule has 2 aromatic rings. The Bertz CT molecular complexity index is 883. The number of aromatic amines is 1. The van der Waals surface area contributed by atoms with Crippen molar-refractivity contribution in [3.8, 4) is 0 Å². The third-order valence-corrected chi connectivity index (χ3v) is 6.38. The van der Waals surface area contributed by atoms with Gasteiger partial charge in [0.05, 0.1) is 13.1 Å². The van der Waals surface area contributed by atoms with E-state index in [-0.39, 0.29) is 24.4 Å². The number of likely N-dealkylation sites (tertiary alicyclic amines) is 1. The van der Waals surface area contributed by atoms with Crippen LogP contribution in [0.25, 0.3) is 10.9 Å². The molecule has 3 aliphatic rings. The van der Waals surface area contributed by atoms with Gasteiger partial charge >= 0.3 is 0 Å². The Morgan fingerprint density at radius 2 is 1.81 bits per heavy atom. The topological polar surface area (TPSA) is 59.7 Å². The Hall–Kier alpha value is -2.34. The fraction of sp³-hybridized carbons (Fsp3) is 0.524. The van der Waals surface area contributed by atoms with E-state index in [1.807, 2.05) is 12.1 Å². The maximum atomic E-state index is 13.1. The first-order chi connectivity index (χ1) is 13.2. The number of piperazine rings is 1. The first-order valence-electron chi connectivity index (χ1n) is 10.1. The Morgan fingerprint density at radius 1 is 1.00 bits per heavy atom. The number of nitrogens with one attached hydrogen (secondary N) is 1. The van der Waals surface area contributed by atoms with E-state index in [9.17, 15) is 9.59 Å². The van der Waals surface area contributed by atoms with Gasteiger partial charge in [-0.1, -0.05) is 24.6 Å². The second-order valence-electron chi connectivity index (χ2n) is 8.03. The first-order valence-corrected chi connectivity index (χ1v) is 10.1. The molecule has 27 heavy (non-hydrogen) atoms. The van der Waals surface area contributed by atoms with E-state index in [1.54, 1.807) is 9.80 Å². The summed E-state index contributed by atoms with van der Waals surface area (Å²) in [5.74, 6) is 0.185. The Labute approximate surface area is 159 Å². The van der Waals surface area contributed by atoms with Crippen molar-refractivity contribution in [2.45, 2.75) is 38.3 Å². The van der Waals surface area contributed by atoms with Crippen molar-refractivity contribution >= 4 is 22.7 Å². The molecule has 5 rings (SSSR count). The zero-order valence-electron chi connectivity index (χ0n) is 15.6. The molecule has 0 saturated carbocycles. The quantitative estimate of drug-likeness (QED) is 0.900. The molecule has 2 fully saturated rings. The van der Waals surface area contributed by atoms with Crippen LogP contribution in [0.15, 0.2) is 24.3 Å². The predicted octanol–water partition coefficient (Wildman–Crippen LogP) is 1.75. The fourth-order valence-corrected chi connectivity index (χ4v) is 4.87. The van der Waals surface area contributed by atoms with Gasteiger partial charge in [-0.25, -0.2) is 0 Å². The maximum absolute atomic E-state index is 13.1. The van der Waals surface area contributed by atoms with Crippen molar-refractivity contribution in [3.05, 3.63) is 35.5 Å². The normalized spacial score (nSPS) is 23.6. The van der Waals surface area contributed by atoms with Crippen LogP contribution in [0.2, 0.25) is 0 Å². The highest BCUT2D eigenvalue weighted by atomic mass is 16.2. The van der Waals surface area contributed by atoms with Gasteiger partial charge in [0.2, 0.25) is 11.8 Å². The van der Waals surface area contributed by atoms with Crippen LogP contribution in [0.5, 0.6) is 0 Å². The van der Waals surface area contributed by atoms with Gasteiger partial charge in [-0.3, -0.25) is 9.59 Å². The molecule has 0 aliphatic carbocycles. The van der Waals surface area contributed by atoms with Crippen LogP contribution in [-0.2, 0) is 22.6 Å². The van der Waals surface area contributed by atoms with E-state index >= 15 is 0 Å². The van der Waals surface area contributed by atoms with Gasteiger partial charge in [0, 0.05) is 36.1 Å². The molecule has 1 aromatic heterocycles. The molecule has 142 valence electrons. The number of amides is 2. The van der Waals surface area contributed by atoms with Crippen molar-refractivity contribution in [2.75, 3.05) is 32.7 Å². The summed E-state index contributed by atoms with van der Waals surface area (Å²) in [7, 11) is 0. The van der Waals surface area contributed by atoms with E-state index < -0.39 is 0 Å². The highest BCUT2D eigenvalue weighted by Crippen LogP contribution is 2.32. The number of hydrogen-bond acceptors (Lipinski definition) is 3. The number of aromatic nitrogens is 1. The van der Waals surface area contributed by atoms with E-state index in [4.69, 9.17) is 0 Å². The van der Waals surface area contributed by atoms with Crippen molar-refractivity contribution in [2.24, 2.45) is 0 Å². The summed E-state index contributed by atoms with van der Waals surface area (Å²) in [6, 6.07) is 7.85. The molecular weight excluding hydrogens is 340 g/mol. The van der Waals surface area contributed by atoms with E-state index in [1.165, 1.54) is 30.2 Å². The van der Waals surface area contributed by atoms with Gasteiger partial charge < -0.3 is 19.7 Å². The van der Waals surface area contributed by atoms with Crippen LogP contribution in [0, 0.1) is 0 Å². The van der Waals surface area contributed by atoms with E-state index in [2.05, 4.69) is 22.0 Å². The standard InChI is InChI=1S/C21H26N4O2/c26-20-14-24(11-10-23-8-4-1-5-9-23)21(27)19-12-16-15-6-2-3-7-17(15)22-18(16)13-25(19)20/h2-3,6-7,19,22H,1,4-5,8-14H2. The number of fused-ring (bicyclic) bond motifs is 4. The lowest BCUT2D eigenvalue weighted by atomic mass is 9.94. The third-order valence-electron chi connectivity index (χ3n) is 6.38. The fourth-order valence-electron chi connectivity index (χ4n) is 4.87. The van der Waals surface area contributed by atoms with Crippen LogP contribution in [0.4, 0.5) is 0 Å². The van der Waals surface area contributed by atoms with Gasteiger partial charge in [-0.15, -0.1) is 0 Å². The van der Waals surface area contributed by atoms with Crippen LogP contribution in [0.1, 0.15) is 30.5 Å². The summed E-state index contributed by atoms with van der Waals surface area (Å²) >= 11 is 0. The molecule has 4 heterocycles. The lowest BCUT2D eigenvalue weighted by Gasteiger charge is -2.43. The molecule has 6 nitrogen and oxygen atoms in total. The van der Waals surface area contributed by atoms with Crippen LogP contribution in [-0.4, -0.2) is 70.3 Å². The summed E-state index contributed by atoms with van der Waals surface area (Å²) in [6.45, 7) is 4.51. The lowest BCUT2D eigenvalue weighted by Crippen LogP contribution is -2.62. The molecule has 2 saturated heterocycles. The number of benzene rings is 1. The summed E-state index contributed by atoms with van der Waals surface area (Å²) in [6.07, 6.45) is 4.41. The molecule has 1 N–H and O–H groups in total. The number of para-hydroxylation sites is 1. The molecular formula is C21H26N4O2. The maximum Gasteiger partial charge on any atom is 0.246 e. The Kier molecular flexibility index (Phi) is 4.16. The lowest BCUT2D eigenvalue weighted by molar-refractivity contribution is -0.157. The molecule has 0 radical (unpaired) electrons. The second-order valence-corrected chi connectivity index (χ2v) is 8.03. The van der Waals surface area contributed by atoms with Gasteiger partial charge in [0.15, 0.2) is 0 Å². The number of H-pyrrole nitrogens is 1. The van der Waals surface area contributed by atoms with Gasteiger partial charge in [-0.2, -0.15) is 0 Å². The molecule has 2 amide bonds. The number of carbonyl (C=O) groups is 2. The summed E-state index contributed by atoms with van der Waals surface area (Å²) < 4.78 is 0. The Morgan fingerprint density at radius 3 is 2.67 bits per heavy atom. The van der Waals surface area contributed by atoms with Crippen LogP contribution < -0.4 is 0 Å². The Balaban J connectivity index is 1.35. The molecule has 1 aromatic carbocycles. The van der Waals surface area contributed by atoms with Crippen LogP contribution >= 0.6 is 0 Å². The summed E-state index contributed by atoms with van der Waals surface area (Å²) in [5, 5.41) is 1.18. The highest BCUT2D eigenvalue weighted by Gasteiger charge is 2.42. The number of hydrogen-bond donors (Lipinski definition) is 1. The molecule has 6 heteroatoms. The average molecular weight is 366 g/mol. The summed E-state index contributed by atoms with van der Waals surface area (Å²) in [4.78, 5) is 35.3. The van der Waals surface area contributed by atoms with E-state index in [0.717, 1.165) is 30.8 Å². The zero-order chi connectivity index (χ0) is 18.4. The minimum Gasteiger partial charge on any atom is -0.357 e. The molecule has 0 bridgehead atoms. The van der Waals surface area contributed by atoms with Gasteiger partial charge in [0.1, 0.15) is 6.04 Å². The first kappa shape index (κ1) is 16.8. The largest absolute Gasteiger partial charge is 0.357 e. The second kappa shape index (κ2) is 6.68. The smallest absolute Gasteiger partial charge is 0.246 e. The summed E-state index contributed by atoms with van der Waals surface area (Å²) in [5.41, 5.74) is 3.37. The zero-order valence-corrected chi connectivity index (χ0v) is 15.6. The number of carbonyl (C=O) groups excluding carboxylic acids is 2. The van der Waals surface area contributed by atoms with Gasteiger partial charge in [-0.05, 0) is 37.6 Å². The molecule has 1 unspecified atom stereocenters. The van der Waals surface area contributed by atoms with Gasteiger partial charge in [0.25, 0.3) is 0 Å². The minimum atomic E-state index is -0.348. The number of piperidine rings is 1. The minimum absolute atomic E-state index is 0.0718.